The van der Waals surface area contributed by atoms with E-state index in [0.717, 1.165) is 12.1 Å². The molecule has 1 saturated heterocycles. The van der Waals surface area contributed by atoms with Crippen LogP contribution in [-0.2, 0) is 22.1 Å². The zero-order valence-corrected chi connectivity index (χ0v) is 18.5. The van der Waals surface area contributed by atoms with Crippen LogP contribution in [-0.4, -0.2) is 49.1 Å². The smallest absolute Gasteiger partial charge is 0.254 e. The third-order valence-electron chi connectivity index (χ3n) is 5.63. The molecule has 0 aromatic heterocycles. The van der Waals surface area contributed by atoms with Crippen LogP contribution in [0.4, 0.5) is 13.2 Å². The van der Waals surface area contributed by atoms with E-state index in [1.807, 2.05) is 0 Å². The van der Waals surface area contributed by atoms with Gasteiger partial charge in [0, 0.05) is 30.8 Å². The number of likely N-dealkylation sites (tertiary alicyclic amines) is 1. The number of nitrogens with one attached hydrogen (secondary N) is 1. The van der Waals surface area contributed by atoms with E-state index < -0.39 is 45.9 Å². The minimum absolute atomic E-state index is 0.0107. The predicted molar refractivity (Wildman–Crippen MR) is 114 cm³/mol. The van der Waals surface area contributed by atoms with Crippen molar-refractivity contribution < 1.29 is 31.5 Å². The third kappa shape index (κ3) is 5.48. The quantitative estimate of drug-likeness (QED) is 0.543. The Hall–Kier alpha value is -2.43. The maximum Gasteiger partial charge on any atom is 0.254 e. The number of carbonyl (C=O) groups is 1. The molecule has 10 heteroatoms. The van der Waals surface area contributed by atoms with E-state index in [1.165, 1.54) is 30.9 Å². The molecule has 0 unspecified atom stereocenters. The highest BCUT2D eigenvalue weighted by atomic mass is 32.2. The predicted octanol–water partition coefficient (Wildman–Crippen LogP) is 2.42. The van der Waals surface area contributed by atoms with Crippen molar-refractivity contribution in [2.24, 2.45) is 5.92 Å². The van der Waals surface area contributed by atoms with Gasteiger partial charge in [-0.1, -0.05) is 18.2 Å². The molecule has 2 aromatic rings. The second-order valence-corrected chi connectivity index (χ2v) is 9.26. The molecule has 0 bridgehead atoms. The first-order chi connectivity index (χ1) is 15.0. The van der Waals surface area contributed by atoms with Crippen molar-refractivity contribution in [3.63, 3.8) is 0 Å². The highest BCUT2D eigenvalue weighted by Gasteiger charge is 2.41. The Morgan fingerprint density at radius 1 is 1.19 bits per heavy atom. The number of benzene rings is 2. The average molecular weight is 471 g/mol. The highest BCUT2D eigenvalue weighted by molar-refractivity contribution is 7.70. The molecule has 2 aromatic carbocycles. The Kier molecular flexibility index (Phi) is 7.26. The summed E-state index contributed by atoms with van der Waals surface area (Å²) in [5.41, 5.74) is -1.39. The van der Waals surface area contributed by atoms with Crippen LogP contribution in [0.3, 0.4) is 0 Å². The second kappa shape index (κ2) is 9.60. The molecule has 1 aliphatic rings. The summed E-state index contributed by atoms with van der Waals surface area (Å²) in [6.07, 6.45) is 0.514. The molecule has 0 radical (unpaired) electrons. The highest BCUT2D eigenvalue weighted by Crippen LogP contribution is 2.32. The number of amides is 1. The van der Waals surface area contributed by atoms with Gasteiger partial charge >= 0.3 is 0 Å². The Morgan fingerprint density at radius 2 is 1.84 bits per heavy atom. The molecular formula is C22H25F3N2O4S. The van der Waals surface area contributed by atoms with Gasteiger partial charge in [-0.2, -0.15) is 0 Å². The van der Waals surface area contributed by atoms with Gasteiger partial charge < -0.3 is 10.0 Å². The molecule has 1 amide bonds. The molecule has 174 valence electrons. The summed E-state index contributed by atoms with van der Waals surface area (Å²) in [6, 6.07) is 6.65. The van der Waals surface area contributed by atoms with Gasteiger partial charge in [-0.25, -0.2) is 26.3 Å². The monoisotopic (exact) mass is 470 g/mol. The molecule has 0 saturated carbocycles. The molecule has 1 heterocycles. The summed E-state index contributed by atoms with van der Waals surface area (Å²) >= 11 is 0. The zero-order chi connectivity index (χ0) is 23.6. The summed E-state index contributed by atoms with van der Waals surface area (Å²) in [4.78, 5) is 14.2. The maximum atomic E-state index is 15.4. The number of nitrogens with zero attached hydrogens (tertiary/aromatic N) is 1. The Bertz CT molecular complexity index is 1060. The van der Waals surface area contributed by atoms with Crippen molar-refractivity contribution in [1.82, 2.24) is 9.62 Å². The Morgan fingerprint density at radius 3 is 2.44 bits per heavy atom. The van der Waals surface area contributed by atoms with Crippen molar-refractivity contribution in [3.05, 3.63) is 59.4 Å². The van der Waals surface area contributed by atoms with E-state index in [4.69, 9.17) is 0 Å². The lowest BCUT2D eigenvalue weighted by atomic mass is 9.91. The summed E-state index contributed by atoms with van der Waals surface area (Å²) in [7, 11) is -2.84. The molecular weight excluding hydrogens is 445 g/mol. The van der Waals surface area contributed by atoms with Gasteiger partial charge in [-0.3, -0.25) is 4.79 Å². The molecule has 2 N–H and O–H groups in total. The van der Waals surface area contributed by atoms with E-state index in [2.05, 4.69) is 4.72 Å². The van der Waals surface area contributed by atoms with Crippen molar-refractivity contribution in [3.8, 4) is 11.1 Å². The number of halogens is 3. The molecule has 1 fully saturated rings. The number of hydrogen-bond acceptors (Lipinski definition) is 4. The van der Waals surface area contributed by atoms with Crippen LogP contribution in [0, 0.1) is 23.4 Å². The lowest BCUT2D eigenvalue weighted by Crippen LogP contribution is -2.49. The van der Waals surface area contributed by atoms with Crippen molar-refractivity contribution in [2.45, 2.75) is 38.3 Å². The zero-order valence-electron chi connectivity index (χ0n) is 17.6. The van der Waals surface area contributed by atoms with Gasteiger partial charge in [0.2, 0.25) is 10.9 Å². The minimum Gasteiger partial charge on any atom is -0.381 e. The largest absolute Gasteiger partial charge is 0.381 e. The average Bonchev–Trinajstić information content (AvgIpc) is 3.08. The molecule has 0 spiro atoms. The van der Waals surface area contributed by atoms with E-state index in [9.17, 15) is 27.1 Å². The number of hydrogen-bond donors (Lipinski definition) is 3. The van der Waals surface area contributed by atoms with Gasteiger partial charge in [0.15, 0.2) is 0 Å². The standard InChI is InChI=1S/C22H25F3N2O4S/c1-22(2,29)21(28)27-7-6-14(12-26-32(30)31)19(27)10-13-4-3-5-18(20(13)25)15-8-16(23)11-17(24)9-15/h3-5,8-9,11,14,19,29,32H,6-7,10,12H2,1-2H3,(H,26,30,31)/t14-,19-/m0/s1. The fourth-order valence-corrected chi connectivity index (χ4v) is 4.51. The van der Waals surface area contributed by atoms with Crippen LogP contribution in [0.5, 0.6) is 0 Å². The lowest BCUT2D eigenvalue weighted by molar-refractivity contribution is -0.149. The van der Waals surface area contributed by atoms with Gasteiger partial charge in [0.1, 0.15) is 23.1 Å². The number of rotatable bonds is 7. The van der Waals surface area contributed by atoms with Crippen molar-refractivity contribution in [2.75, 3.05) is 13.1 Å². The van der Waals surface area contributed by atoms with Crippen LogP contribution in [0.2, 0.25) is 0 Å². The molecule has 0 aliphatic carbocycles. The van der Waals surface area contributed by atoms with Crippen molar-refractivity contribution in [1.29, 1.82) is 0 Å². The van der Waals surface area contributed by atoms with Gasteiger partial charge in [-0.05, 0) is 55.9 Å². The van der Waals surface area contributed by atoms with Crippen molar-refractivity contribution >= 4 is 16.8 Å². The van der Waals surface area contributed by atoms with Gasteiger partial charge in [0.05, 0.1) is 0 Å². The normalized spacial score (nSPS) is 19.0. The summed E-state index contributed by atoms with van der Waals surface area (Å²) in [6.45, 7) is 3.06. The van der Waals surface area contributed by atoms with Crippen LogP contribution < -0.4 is 4.72 Å². The van der Waals surface area contributed by atoms with E-state index >= 15 is 4.39 Å². The molecule has 6 nitrogen and oxygen atoms in total. The SMILES string of the molecule is CC(C)(O)C(=O)N1CC[C@@H](CN[SH](=O)=O)[C@@H]1Cc1cccc(-c2cc(F)cc(F)c2)c1F. The number of carbonyl (C=O) groups excluding carboxylic acids is 1. The first kappa shape index (κ1) is 24.2. The van der Waals surface area contributed by atoms with Crippen LogP contribution in [0.15, 0.2) is 36.4 Å². The summed E-state index contributed by atoms with van der Waals surface area (Å²) in [5.74, 6) is -3.19. The van der Waals surface area contributed by atoms with E-state index in [1.54, 1.807) is 6.07 Å². The first-order valence-corrected chi connectivity index (χ1v) is 11.3. The first-order valence-electron chi connectivity index (χ1n) is 10.1. The number of thiol groups is 1. The number of aliphatic hydroxyl groups is 1. The minimum atomic E-state index is -2.84. The van der Waals surface area contributed by atoms with Crippen LogP contribution >= 0.6 is 0 Å². The lowest BCUT2D eigenvalue weighted by Gasteiger charge is -2.32. The van der Waals surface area contributed by atoms with Crippen LogP contribution in [0.1, 0.15) is 25.8 Å². The van der Waals surface area contributed by atoms with Gasteiger partial charge in [0.25, 0.3) is 5.91 Å². The summed E-state index contributed by atoms with van der Waals surface area (Å²) in [5, 5.41) is 10.2. The van der Waals surface area contributed by atoms with Crippen LogP contribution in [0.25, 0.3) is 11.1 Å². The topological polar surface area (TPSA) is 86.7 Å². The summed E-state index contributed by atoms with van der Waals surface area (Å²) < 4.78 is 67.0. The Balaban J connectivity index is 1.96. The fourth-order valence-electron chi connectivity index (χ4n) is 4.12. The van der Waals surface area contributed by atoms with E-state index in [0.29, 0.717) is 12.5 Å². The molecule has 2 atom stereocenters. The molecule has 1 aliphatic heterocycles. The molecule has 3 rings (SSSR count). The maximum absolute atomic E-state index is 15.4. The fraction of sp³-hybridized carbons (Fsp3) is 0.409. The second-order valence-electron chi connectivity index (χ2n) is 8.43. The third-order valence-corrected chi connectivity index (χ3v) is 6.07. The Labute approximate surface area is 186 Å². The van der Waals surface area contributed by atoms with Gasteiger partial charge in [-0.15, -0.1) is 0 Å². The molecule has 32 heavy (non-hydrogen) atoms. The van der Waals surface area contributed by atoms with E-state index in [-0.39, 0.29) is 42.1 Å².